The van der Waals surface area contributed by atoms with Crippen molar-refractivity contribution in [3.63, 3.8) is 0 Å². The Morgan fingerprint density at radius 3 is 1.39 bits per heavy atom. The minimum Gasteiger partial charge on any atom is -0.455 e. The summed E-state index contributed by atoms with van der Waals surface area (Å²) in [6.07, 6.45) is 0. The molecule has 0 bridgehead atoms. The van der Waals surface area contributed by atoms with Crippen molar-refractivity contribution in [3.05, 3.63) is 271 Å². The summed E-state index contributed by atoms with van der Waals surface area (Å²) in [6.45, 7) is 0. The summed E-state index contributed by atoms with van der Waals surface area (Å²) in [5.74, 6) is 0. The summed E-state index contributed by atoms with van der Waals surface area (Å²) in [5, 5.41) is 4.44. The molecular formula is C65H41NO. The number of benzene rings is 11. The lowest BCUT2D eigenvalue weighted by Gasteiger charge is -2.32. The molecule has 312 valence electrons. The first-order chi connectivity index (χ1) is 33.2. The molecule has 0 unspecified atom stereocenters. The summed E-state index contributed by atoms with van der Waals surface area (Å²) in [6, 6.07) is 91.3. The van der Waals surface area contributed by atoms with Gasteiger partial charge in [0.25, 0.3) is 0 Å². The average Bonchev–Trinajstić information content (AvgIpc) is 4.04. The fourth-order valence-electron chi connectivity index (χ4n) is 11.5. The molecule has 1 heterocycles. The molecule has 2 aliphatic rings. The summed E-state index contributed by atoms with van der Waals surface area (Å²) >= 11 is 0. The van der Waals surface area contributed by atoms with Crippen LogP contribution in [-0.2, 0) is 5.41 Å². The van der Waals surface area contributed by atoms with Crippen molar-refractivity contribution in [1.82, 2.24) is 0 Å². The molecule has 0 radical (unpaired) electrons. The SMILES string of the molecule is c1ccc(-c2ccc(-c3cc(N(c4ccc(-c5ccccc5)cc4)c4ccc5c(c4)C4(c6ccccc6-c6ccccc64)c4ccccc4-5)cc4c3oc3c5ccccc5ccc43)cc2)cc1. The quantitative estimate of drug-likeness (QED) is 0.166. The van der Waals surface area contributed by atoms with Crippen molar-refractivity contribution >= 4 is 49.8 Å². The molecule has 12 aromatic rings. The van der Waals surface area contributed by atoms with Gasteiger partial charge < -0.3 is 9.32 Å². The van der Waals surface area contributed by atoms with Crippen molar-refractivity contribution in [2.24, 2.45) is 0 Å². The number of hydrogen-bond acceptors (Lipinski definition) is 2. The van der Waals surface area contributed by atoms with Gasteiger partial charge in [-0.25, -0.2) is 0 Å². The van der Waals surface area contributed by atoms with Crippen LogP contribution in [0.4, 0.5) is 17.1 Å². The predicted molar refractivity (Wildman–Crippen MR) is 279 cm³/mol. The molecule has 2 heteroatoms. The maximum absolute atomic E-state index is 7.08. The van der Waals surface area contributed by atoms with Crippen LogP contribution in [0.25, 0.3) is 88.3 Å². The molecule has 1 spiro atoms. The Morgan fingerprint density at radius 2 is 0.761 bits per heavy atom. The molecule has 0 saturated heterocycles. The highest BCUT2D eigenvalue weighted by Crippen LogP contribution is 2.63. The second-order valence-corrected chi connectivity index (χ2v) is 17.9. The maximum atomic E-state index is 7.08. The number of hydrogen-bond donors (Lipinski definition) is 0. The Labute approximate surface area is 389 Å². The number of rotatable bonds is 6. The van der Waals surface area contributed by atoms with Crippen molar-refractivity contribution in [3.8, 4) is 55.6 Å². The lowest BCUT2D eigenvalue weighted by Crippen LogP contribution is -2.26. The van der Waals surface area contributed by atoms with E-state index in [4.69, 9.17) is 4.42 Å². The highest BCUT2D eigenvalue weighted by atomic mass is 16.3. The Balaban J connectivity index is 1.04. The van der Waals surface area contributed by atoms with E-state index in [1.807, 2.05) is 0 Å². The van der Waals surface area contributed by atoms with Crippen molar-refractivity contribution in [2.75, 3.05) is 4.90 Å². The van der Waals surface area contributed by atoms with Gasteiger partial charge in [0.1, 0.15) is 11.2 Å². The van der Waals surface area contributed by atoms with Crippen LogP contribution in [0.3, 0.4) is 0 Å². The van der Waals surface area contributed by atoms with Crippen LogP contribution in [0.1, 0.15) is 22.3 Å². The summed E-state index contributed by atoms with van der Waals surface area (Å²) in [7, 11) is 0. The zero-order valence-corrected chi connectivity index (χ0v) is 36.5. The molecule has 2 nitrogen and oxygen atoms in total. The Morgan fingerprint density at radius 1 is 0.269 bits per heavy atom. The first-order valence-electron chi connectivity index (χ1n) is 23.2. The lowest BCUT2D eigenvalue weighted by molar-refractivity contribution is 0.674. The fourth-order valence-corrected chi connectivity index (χ4v) is 11.5. The van der Waals surface area contributed by atoms with Gasteiger partial charge in [0.2, 0.25) is 0 Å². The number of nitrogens with zero attached hydrogens (tertiary/aromatic N) is 1. The second-order valence-electron chi connectivity index (χ2n) is 17.9. The summed E-state index contributed by atoms with van der Waals surface area (Å²) in [5.41, 5.74) is 21.8. The van der Waals surface area contributed by atoms with E-state index in [-0.39, 0.29) is 0 Å². The van der Waals surface area contributed by atoms with Gasteiger partial charge in [-0.3, -0.25) is 0 Å². The van der Waals surface area contributed by atoms with Gasteiger partial charge in [-0.15, -0.1) is 0 Å². The molecule has 0 aliphatic heterocycles. The number of anilines is 3. The lowest BCUT2D eigenvalue weighted by atomic mass is 9.70. The van der Waals surface area contributed by atoms with Crippen molar-refractivity contribution < 1.29 is 4.42 Å². The first-order valence-corrected chi connectivity index (χ1v) is 23.2. The number of furan rings is 1. The second kappa shape index (κ2) is 14.7. The van der Waals surface area contributed by atoms with Crippen molar-refractivity contribution in [1.29, 1.82) is 0 Å². The smallest absolute Gasteiger partial charge is 0.143 e. The molecular weight excluding hydrogens is 811 g/mol. The third-order valence-electron chi connectivity index (χ3n) is 14.5. The van der Waals surface area contributed by atoms with E-state index in [1.165, 1.54) is 66.8 Å². The molecule has 11 aromatic carbocycles. The largest absolute Gasteiger partial charge is 0.455 e. The van der Waals surface area contributed by atoms with Crippen LogP contribution in [0.2, 0.25) is 0 Å². The first kappa shape index (κ1) is 37.6. The van der Waals surface area contributed by atoms with Crippen molar-refractivity contribution in [2.45, 2.75) is 5.41 Å². The van der Waals surface area contributed by atoms with Crippen LogP contribution in [-0.4, -0.2) is 0 Å². The normalized spacial score (nSPS) is 12.9. The van der Waals surface area contributed by atoms with Crippen LogP contribution in [0.5, 0.6) is 0 Å². The Bertz CT molecular complexity index is 3840. The highest BCUT2D eigenvalue weighted by molar-refractivity contribution is 6.18. The molecule has 2 aliphatic carbocycles. The van der Waals surface area contributed by atoms with E-state index < -0.39 is 5.41 Å². The van der Waals surface area contributed by atoms with E-state index in [0.717, 1.165) is 60.9 Å². The van der Waals surface area contributed by atoms with Gasteiger partial charge in [-0.2, -0.15) is 0 Å². The summed E-state index contributed by atoms with van der Waals surface area (Å²) < 4.78 is 7.08. The van der Waals surface area contributed by atoms with Crippen LogP contribution >= 0.6 is 0 Å². The molecule has 14 rings (SSSR count). The Hall–Kier alpha value is -8.72. The van der Waals surface area contributed by atoms with Crippen LogP contribution < -0.4 is 4.90 Å². The van der Waals surface area contributed by atoms with Gasteiger partial charge in [-0.05, 0) is 120 Å². The third kappa shape index (κ3) is 5.57. The maximum Gasteiger partial charge on any atom is 0.143 e. The molecule has 1 aromatic heterocycles. The van der Waals surface area contributed by atoms with Gasteiger partial charge in [0, 0.05) is 38.8 Å². The van der Waals surface area contributed by atoms with Crippen LogP contribution in [0.15, 0.2) is 253 Å². The predicted octanol–water partition coefficient (Wildman–Crippen LogP) is 17.6. The van der Waals surface area contributed by atoms with E-state index in [0.29, 0.717) is 0 Å². The van der Waals surface area contributed by atoms with Crippen LogP contribution in [0, 0.1) is 0 Å². The van der Waals surface area contributed by atoms with E-state index in [9.17, 15) is 0 Å². The summed E-state index contributed by atoms with van der Waals surface area (Å²) in [4.78, 5) is 2.46. The van der Waals surface area contributed by atoms with Gasteiger partial charge >= 0.3 is 0 Å². The molecule has 0 saturated carbocycles. The highest BCUT2D eigenvalue weighted by Gasteiger charge is 2.51. The monoisotopic (exact) mass is 851 g/mol. The van der Waals surface area contributed by atoms with Gasteiger partial charge in [0.05, 0.1) is 5.41 Å². The molecule has 0 atom stereocenters. The molecule has 67 heavy (non-hydrogen) atoms. The zero-order chi connectivity index (χ0) is 44.1. The topological polar surface area (TPSA) is 16.4 Å². The minimum atomic E-state index is -0.477. The van der Waals surface area contributed by atoms with Gasteiger partial charge in [-0.1, -0.05) is 206 Å². The van der Waals surface area contributed by atoms with E-state index in [1.54, 1.807) is 0 Å². The standard InChI is InChI=1S/C65H41NO/c1-3-15-42(16-4-1)44-27-29-47(30-28-44)57-39-50(40-58-56-37-33-46-19-7-8-20-51(46)63(56)67-64(57)58)66(48-34-31-45(32-35-48)43-17-5-2-6-18-43)49-36-38-55-54-23-11-14-26-61(54)65(62(55)41-49)59-24-12-9-21-52(59)53-22-10-13-25-60(53)65/h1-41H. The fraction of sp³-hybridized carbons (Fsp3) is 0.0154. The molecule has 0 amide bonds. The van der Waals surface area contributed by atoms with E-state index >= 15 is 0 Å². The molecule has 0 fully saturated rings. The minimum absolute atomic E-state index is 0.477. The number of fused-ring (bicyclic) bond motifs is 15. The zero-order valence-electron chi connectivity index (χ0n) is 36.5. The molecule has 0 N–H and O–H groups in total. The van der Waals surface area contributed by atoms with Gasteiger partial charge in [0.15, 0.2) is 0 Å². The third-order valence-corrected chi connectivity index (χ3v) is 14.5. The Kier molecular flexibility index (Phi) is 8.23. The average molecular weight is 852 g/mol. The van der Waals surface area contributed by atoms with E-state index in [2.05, 4.69) is 254 Å².